The molecule has 6 heteroatoms. The fourth-order valence-corrected chi connectivity index (χ4v) is 3.52. The Balaban J connectivity index is 1.57. The Morgan fingerprint density at radius 1 is 1.35 bits per heavy atom. The molecule has 23 heavy (non-hydrogen) atoms. The summed E-state index contributed by atoms with van der Waals surface area (Å²) in [5.74, 6) is 1.48. The lowest BCUT2D eigenvalue weighted by atomic mass is 10.2. The highest BCUT2D eigenvalue weighted by Crippen LogP contribution is 2.23. The second-order valence-corrected chi connectivity index (χ2v) is 6.77. The van der Waals surface area contributed by atoms with Crippen molar-refractivity contribution in [1.29, 1.82) is 0 Å². The molecule has 0 aliphatic carbocycles. The minimum atomic E-state index is -0.156. The van der Waals surface area contributed by atoms with Crippen molar-refractivity contribution in [2.45, 2.75) is 23.6 Å². The van der Waals surface area contributed by atoms with Gasteiger partial charge >= 0.3 is 0 Å². The van der Waals surface area contributed by atoms with E-state index in [1.807, 2.05) is 54.2 Å². The molecule has 0 fully saturated rings. The first-order valence-corrected chi connectivity index (χ1v) is 9.09. The average molecular weight is 344 g/mol. The zero-order valence-electron chi connectivity index (χ0n) is 12.6. The van der Waals surface area contributed by atoms with Gasteiger partial charge in [0.2, 0.25) is 0 Å². The van der Waals surface area contributed by atoms with Crippen LogP contribution in [-0.4, -0.2) is 10.9 Å². The van der Waals surface area contributed by atoms with Crippen molar-refractivity contribution < 1.29 is 9.21 Å². The van der Waals surface area contributed by atoms with E-state index in [2.05, 4.69) is 10.3 Å². The summed E-state index contributed by atoms with van der Waals surface area (Å²) in [6.45, 7) is 1.90. The van der Waals surface area contributed by atoms with E-state index in [-0.39, 0.29) is 11.9 Å². The number of hydrogen-bond acceptors (Lipinski definition) is 5. The number of thioether (sulfide) groups is 1. The number of thiazole rings is 1. The van der Waals surface area contributed by atoms with Gasteiger partial charge in [-0.15, -0.1) is 23.1 Å². The van der Waals surface area contributed by atoms with Crippen LogP contribution in [0.2, 0.25) is 0 Å². The van der Waals surface area contributed by atoms with Crippen LogP contribution < -0.4 is 5.32 Å². The fourth-order valence-electron chi connectivity index (χ4n) is 2.06. The molecular weight excluding hydrogens is 328 g/mol. The topological polar surface area (TPSA) is 55.1 Å². The highest BCUT2D eigenvalue weighted by molar-refractivity contribution is 7.98. The van der Waals surface area contributed by atoms with Crippen LogP contribution in [0.5, 0.6) is 0 Å². The number of amides is 1. The normalized spacial score (nSPS) is 12.0. The first-order valence-electron chi connectivity index (χ1n) is 7.16. The minimum Gasteiger partial charge on any atom is -0.467 e. The molecule has 0 saturated heterocycles. The van der Waals surface area contributed by atoms with E-state index in [0.717, 1.165) is 22.1 Å². The van der Waals surface area contributed by atoms with E-state index >= 15 is 0 Å². The van der Waals surface area contributed by atoms with Crippen LogP contribution in [0, 0.1) is 0 Å². The maximum absolute atomic E-state index is 12.2. The number of rotatable bonds is 6. The Morgan fingerprint density at radius 3 is 2.83 bits per heavy atom. The molecule has 0 spiro atoms. The predicted molar refractivity (Wildman–Crippen MR) is 92.7 cm³/mol. The fraction of sp³-hybridized carbons (Fsp3) is 0.176. The summed E-state index contributed by atoms with van der Waals surface area (Å²) in [5.41, 5.74) is 3.55. The van der Waals surface area contributed by atoms with E-state index in [4.69, 9.17) is 4.42 Å². The molecule has 2 heterocycles. The van der Waals surface area contributed by atoms with Gasteiger partial charge in [-0.3, -0.25) is 4.79 Å². The molecule has 0 aliphatic rings. The van der Waals surface area contributed by atoms with Crippen LogP contribution in [0.25, 0.3) is 0 Å². The summed E-state index contributed by atoms with van der Waals surface area (Å²) in [6.07, 6.45) is 1.60. The van der Waals surface area contributed by atoms with Crippen molar-refractivity contribution in [1.82, 2.24) is 10.3 Å². The molecule has 0 aliphatic heterocycles. The van der Waals surface area contributed by atoms with Gasteiger partial charge in [-0.2, -0.15) is 0 Å². The van der Waals surface area contributed by atoms with E-state index in [9.17, 15) is 4.79 Å². The summed E-state index contributed by atoms with van der Waals surface area (Å²) in [5, 5.41) is 4.97. The van der Waals surface area contributed by atoms with Gasteiger partial charge < -0.3 is 9.73 Å². The number of benzene rings is 1. The van der Waals surface area contributed by atoms with Gasteiger partial charge in [0.25, 0.3) is 5.91 Å². The van der Waals surface area contributed by atoms with Crippen LogP contribution in [-0.2, 0) is 5.75 Å². The zero-order valence-corrected chi connectivity index (χ0v) is 14.2. The lowest BCUT2D eigenvalue weighted by molar-refractivity contribution is 0.0935. The van der Waals surface area contributed by atoms with Gasteiger partial charge in [0.15, 0.2) is 0 Å². The Kier molecular flexibility index (Phi) is 5.15. The van der Waals surface area contributed by atoms with E-state index in [1.165, 1.54) is 0 Å². The monoisotopic (exact) mass is 344 g/mol. The smallest absolute Gasteiger partial charge is 0.251 e. The van der Waals surface area contributed by atoms with Gasteiger partial charge in [0.05, 0.1) is 23.5 Å². The summed E-state index contributed by atoms with van der Waals surface area (Å²) in [7, 11) is 0. The second-order valence-electron chi connectivity index (χ2n) is 5.00. The van der Waals surface area contributed by atoms with E-state index < -0.39 is 0 Å². The van der Waals surface area contributed by atoms with E-state index in [0.29, 0.717) is 5.56 Å². The largest absolute Gasteiger partial charge is 0.467 e. The van der Waals surface area contributed by atoms with Crippen LogP contribution in [0.15, 0.2) is 62.9 Å². The number of furan rings is 1. The number of nitrogens with one attached hydrogen (secondary N) is 1. The predicted octanol–water partition coefficient (Wildman–Crippen LogP) is 4.52. The van der Waals surface area contributed by atoms with Gasteiger partial charge in [0, 0.05) is 21.6 Å². The highest BCUT2D eigenvalue weighted by atomic mass is 32.2. The van der Waals surface area contributed by atoms with Gasteiger partial charge in [-0.25, -0.2) is 4.98 Å². The van der Waals surface area contributed by atoms with Crippen LogP contribution in [0.4, 0.5) is 0 Å². The lowest BCUT2D eigenvalue weighted by Crippen LogP contribution is -2.26. The number of nitrogens with zero attached hydrogens (tertiary/aromatic N) is 1. The number of aromatic nitrogens is 1. The molecule has 1 atom stereocenters. The SMILES string of the molecule is CC(NC(=O)c1ccc(SCc2cscn2)cc1)c1ccco1. The Morgan fingerprint density at radius 2 is 2.17 bits per heavy atom. The first-order chi connectivity index (χ1) is 11.2. The van der Waals surface area contributed by atoms with Crippen LogP contribution in [0.3, 0.4) is 0 Å². The van der Waals surface area contributed by atoms with Crippen molar-refractivity contribution in [2.75, 3.05) is 0 Å². The third-order valence-electron chi connectivity index (χ3n) is 3.30. The molecule has 0 bridgehead atoms. The van der Waals surface area contributed by atoms with Gasteiger partial charge in [0.1, 0.15) is 5.76 Å². The Bertz CT molecular complexity index is 738. The Labute approximate surface area is 142 Å². The second kappa shape index (κ2) is 7.48. The van der Waals surface area contributed by atoms with Crippen LogP contribution in [0.1, 0.15) is 34.8 Å². The molecule has 1 amide bonds. The summed E-state index contributed by atoms with van der Waals surface area (Å²) in [4.78, 5) is 17.6. The maximum atomic E-state index is 12.2. The van der Waals surface area contributed by atoms with Crippen molar-refractivity contribution in [3.05, 3.63) is 70.6 Å². The molecule has 0 radical (unpaired) electrons. The Hall–Kier alpha value is -2.05. The third-order valence-corrected chi connectivity index (χ3v) is 4.99. The number of carbonyl (C=O) groups is 1. The molecule has 4 nitrogen and oxygen atoms in total. The number of carbonyl (C=O) groups excluding carboxylic acids is 1. The molecule has 1 unspecified atom stereocenters. The molecule has 3 rings (SSSR count). The lowest BCUT2D eigenvalue weighted by Gasteiger charge is -2.11. The molecule has 1 aromatic carbocycles. The standard InChI is InChI=1S/C17H16N2O2S2/c1-12(16-3-2-8-21-16)19-17(20)13-4-6-15(7-5-13)23-10-14-9-22-11-18-14/h2-9,11-12H,10H2,1H3,(H,19,20). The molecule has 1 N–H and O–H groups in total. The molecule has 0 saturated carbocycles. The van der Waals surface area contributed by atoms with Gasteiger partial charge in [-0.1, -0.05) is 0 Å². The molecular formula is C17H16N2O2S2. The molecule has 3 aromatic rings. The van der Waals surface area contributed by atoms with Crippen LogP contribution >= 0.6 is 23.1 Å². The quantitative estimate of drug-likeness (QED) is 0.668. The van der Waals surface area contributed by atoms with Crippen molar-refractivity contribution in [3.8, 4) is 0 Å². The van der Waals surface area contributed by atoms with E-state index in [1.54, 1.807) is 29.4 Å². The minimum absolute atomic E-state index is 0.107. The van der Waals surface area contributed by atoms with Crippen molar-refractivity contribution in [2.24, 2.45) is 0 Å². The number of hydrogen-bond donors (Lipinski definition) is 1. The maximum Gasteiger partial charge on any atom is 0.251 e. The molecule has 118 valence electrons. The summed E-state index contributed by atoms with van der Waals surface area (Å²) in [6, 6.07) is 11.1. The summed E-state index contributed by atoms with van der Waals surface area (Å²) >= 11 is 3.31. The van der Waals surface area contributed by atoms with Gasteiger partial charge in [-0.05, 0) is 43.3 Å². The highest BCUT2D eigenvalue weighted by Gasteiger charge is 2.13. The molecule has 2 aromatic heterocycles. The first kappa shape index (κ1) is 15.8. The summed E-state index contributed by atoms with van der Waals surface area (Å²) < 4.78 is 5.30. The van der Waals surface area contributed by atoms with Crippen molar-refractivity contribution in [3.63, 3.8) is 0 Å². The zero-order chi connectivity index (χ0) is 16.1. The van der Waals surface area contributed by atoms with Crippen molar-refractivity contribution >= 4 is 29.0 Å². The average Bonchev–Trinajstić information content (AvgIpc) is 3.26. The third kappa shape index (κ3) is 4.24.